The Morgan fingerprint density at radius 1 is 1.67 bits per heavy atom. The third-order valence-corrected chi connectivity index (χ3v) is 3.48. The van der Waals surface area contributed by atoms with Crippen LogP contribution in [-0.4, -0.2) is 22.2 Å². The van der Waals surface area contributed by atoms with Crippen LogP contribution in [0.25, 0.3) is 0 Å². The molecule has 0 saturated carbocycles. The molecule has 1 aromatic rings. The van der Waals surface area contributed by atoms with E-state index in [4.69, 9.17) is 11.5 Å². The van der Waals surface area contributed by atoms with Crippen molar-refractivity contribution in [2.75, 3.05) is 5.73 Å². The molecular weight excluding hydrogens is 236 g/mol. The number of carbonyl (C=O) groups is 2. The Bertz CT molecular complexity index is 379. The van der Waals surface area contributed by atoms with Crippen molar-refractivity contribution in [2.45, 2.75) is 16.4 Å². The van der Waals surface area contributed by atoms with Gasteiger partial charge < -0.3 is 11.5 Å². The molecule has 0 aliphatic carbocycles. The first kappa shape index (κ1) is 11.8. The van der Waals surface area contributed by atoms with E-state index in [1.165, 1.54) is 23.1 Å². The first-order chi connectivity index (χ1) is 6.99. The van der Waals surface area contributed by atoms with Gasteiger partial charge in [-0.1, -0.05) is 11.3 Å². The average Bonchev–Trinajstić information content (AvgIpc) is 2.50. The molecule has 1 aromatic heterocycles. The molecule has 0 aliphatic heterocycles. The van der Waals surface area contributed by atoms with Gasteiger partial charge in [0, 0.05) is 0 Å². The Morgan fingerprint density at radius 2 is 2.33 bits per heavy atom. The zero-order chi connectivity index (χ0) is 11.4. The van der Waals surface area contributed by atoms with E-state index in [1.807, 2.05) is 5.32 Å². The van der Waals surface area contributed by atoms with E-state index in [1.54, 1.807) is 13.1 Å². The third kappa shape index (κ3) is 3.76. The van der Waals surface area contributed by atoms with Crippen LogP contribution in [0.4, 0.5) is 9.93 Å². The topological polar surface area (TPSA) is 111 Å². The van der Waals surface area contributed by atoms with Crippen LogP contribution in [0.5, 0.6) is 0 Å². The molecular formula is C7H10N4O2S2. The molecule has 0 radical (unpaired) electrons. The number of thiazole rings is 1. The lowest BCUT2D eigenvalue weighted by molar-refractivity contribution is -0.119. The van der Waals surface area contributed by atoms with Crippen molar-refractivity contribution in [3.63, 3.8) is 0 Å². The molecule has 1 atom stereocenters. The van der Waals surface area contributed by atoms with E-state index in [-0.39, 0.29) is 0 Å². The maximum atomic E-state index is 11.3. The number of aromatic nitrogens is 1. The van der Waals surface area contributed by atoms with Crippen molar-refractivity contribution in [2.24, 2.45) is 5.73 Å². The van der Waals surface area contributed by atoms with Crippen molar-refractivity contribution < 1.29 is 9.59 Å². The molecule has 0 aromatic carbocycles. The number of nitrogens with zero attached hydrogens (tertiary/aromatic N) is 1. The molecule has 0 spiro atoms. The fourth-order valence-electron chi connectivity index (χ4n) is 0.777. The molecule has 0 bridgehead atoms. The van der Waals surface area contributed by atoms with Crippen LogP contribution in [0, 0.1) is 0 Å². The fraction of sp³-hybridized carbons (Fsp3) is 0.286. The lowest BCUT2D eigenvalue weighted by Gasteiger charge is -2.07. The third-order valence-electron chi connectivity index (χ3n) is 1.41. The van der Waals surface area contributed by atoms with Crippen LogP contribution < -0.4 is 16.8 Å². The van der Waals surface area contributed by atoms with Crippen molar-refractivity contribution in [1.82, 2.24) is 10.3 Å². The fourth-order valence-corrected chi connectivity index (χ4v) is 2.70. The number of imide groups is 1. The monoisotopic (exact) mass is 246 g/mol. The summed E-state index contributed by atoms with van der Waals surface area (Å²) < 4.78 is 0.819. The lowest BCUT2D eigenvalue weighted by Crippen LogP contribution is -2.39. The highest BCUT2D eigenvalue weighted by atomic mass is 32.2. The van der Waals surface area contributed by atoms with Gasteiger partial charge in [-0.3, -0.25) is 10.1 Å². The maximum absolute atomic E-state index is 11.3. The van der Waals surface area contributed by atoms with Gasteiger partial charge in [-0.2, -0.15) is 0 Å². The van der Waals surface area contributed by atoms with Gasteiger partial charge in [-0.25, -0.2) is 9.78 Å². The summed E-state index contributed by atoms with van der Waals surface area (Å²) in [6.07, 6.45) is 1.58. The summed E-state index contributed by atoms with van der Waals surface area (Å²) in [4.78, 5) is 25.5. The molecule has 82 valence electrons. The standard InChI is InChI=1S/C7H10N4O2S2/c1-3(5(12)11-6(8)13)14-4-2-10-7(9)15-4/h2-3H,1H3,(H2,9,10)(H3,8,11,12,13). The van der Waals surface area contributed by atoms with Gasteiger partial charge in [0.25, 0.3) is 0 Å². The zero-order valence-corrected chi connectivity index (χ0v) is 9.52. The number of nitrogens with two attached hydrogens (primary N) is 2. The molecule has 3 amide bonds. The molecule has 6 nitrogen and oxygen atoms in total. The molecule has 15 heavy (non-hydrogen) atoms. The normalized spacial score (nSPS) is 12.1. The van der Waals surface area contributed by atoms with E-state index in [0.29, 0.717) is 5.13 Å². The molecule has 8 heteroatoms. The summed E-state index contributed by atoms with van der Waals surface area (Å²) >= 11 is 2.56. The molecule has 0 saturated heterocycles. The second kappa shape index (κ2) is 4.99. The number of urea groups is 1. The van der Waals surface area contributed by atoms with E-state index < -0.39 is 17.2 Å². The SMILES string of the molecule is CC(Sc1cnc(N)s1)C(=O)NC(N)=O. The predicted molar refractivity (Wildman–Crippen MR) is 59.6 cm³/mol. The molecule has 1 rings (SSSR count). The highest BCUT2D eigenvalue weighted by Crippen LogP contribution is 2.29. The number of anilines is 1. The Hall–Kier alpha value is -1.28. The van der Waals surface area contributed by atoms with E-state index in [9.17, 15) is 9.59 Å². The van der Waals surface area contributed by atoms with Gasteiger partial charge in [0.05, 0.1) is 15.7 Å². The molecule has 5 N–H and O–H groups in total. The molecule has 0 aliphatic rings. The summed E-state index contributed by atoms with van der Waals surface area (Å²) in [5.41, 5.74) is 10.2. The minimum absolute atomic E-state index is 0.419. The minimum Gasteiger partial charge on any atom is -0.375 e. The van der Waals surface area contributed by atoms with Gasteiger partial charge in [0.1, 0.15) is 0 Å². The van der Waals surface area contributed by atoms with Gasteiger partial charge in [0.2, 0.25) is 5.91 Å². The number of rotatable bonds is 3. The summed E-state index contributed by atoms with van der Waals surface area (Å²) in [7, 11) is 0. The number of hydrogen-bond donors (Lipinski definition) is 3. The van der Waals surface area contributed by atoms with Crippen LogP contribution in [-0.2, 0) is 4.79 Å². The zero-order valence-electron chi connectivity index (χ0n) is 7.89. The number of nitrogens with one attached hydrogen (secondary N) is 1. The molecule has 1 unspecified atom stereocenters. The van der Waals surface area contributed by atoms with Gasteiger partial charge >= 0.3 is 6.03 Å². The summed E-state index contributed by atoms with van der Waals surface area (Å²) in [5, 5.41) is 2.03. The van der Waals surface area contributed by atoms with Crippen LogP contribution >= 0.6 is 23.1 Å². The van der Waals surface area contributed by atoms with Gasteiger partial charge in [-0.05, 0) is 6.92 Å². The maximum Gasteiger partial charge on any atom is 0.318 e. The van der Waals surface area contributed by atoms with E-state index in [0.717, 1.165) is 4.21 Å². The van der Waals surface area contributed by atoms with Gasteiger partial charge in [0.15, 0.2) is 5.13 Å². The molecule has 0 fully saturated rings. The smallest absolute Gasteiger partial charge is 0.318 e. The molecule has 1 heterocycles. The van der Waals surface area contributed by atoms with E-state index >= 15 is 0 Å². The first-order valence-electron chi connectivity index (χ1n) is 3.97. The van der Waals surface area contributed by atoms with E-state index in [2.05, 4.69) is 4.98 Å². The van der Waals surface area contributed by atoms with Crippen molar-refractivity contribution >= 4 is 40.2 Å². The number of primary amides is 1. The Morgan fingerprint density at radius 3 is 2.80 bits per heavy atom. The summed E-state index contributed by atoms with van der Waals surface area (Å²) in [5.74, 6) is -0.431. The summed E-state index contributed by atoms with van der Waals surface area (Å²) in [6, 6.07) is -0.851. The first-order valence-corrected chi connectivity index (χ1v) is 5.67. The average molecular weight is 246 g/mol. The number of hydrogen-bond acceptors (Lipinski definition) is 6. The number of nitrogen functional groups attached to an aromatic ring is 1. The number of amides is 3. The number of carbonyl (C=O) groups excluding carboxylic acids is 2. The van der Waals surface area contributed by atoms with Crippen LogP contribution in [0.1, 0.15) is 6.92 Å². The van der Waals surface area contributed by atoms with Crippen LogP contribution in [0.3, 0.4) is 0 Å². The Balaban J connectivity index is 2.51. The number of thioether (sulfide) groups is 1. The minimum atomic E-state index is -0.851. The largest absolute Gasteiger partial charge is 0.375 e. The second-order valence-corrected chi connectivity index (χ2v) is 5.33. The lowest BCUT2D eigenvalue weighted by atomic mass is 10.4. The second-order valence-electron chi connectivity index (χ2n) is 2.63. The predicted octanol–water partition coefficient (Wildman–Crippen LogP) is 0.401. The van der Waals surface area contributed by atoms with Crippen molar-refractivity contribution in [3.8, 4) is 0 Å². The van der Waals surface area contributed by atoms with Crippen LogP contribution in [0.2, 0.25) is 0 Å². The highest BCUT2D eigenvalue weighted by molar-refractivity contribution is 8.02. The van der Waals surface area contributed by atoms with Crippen molar-refractivity contribution in [3.05, 3.63) is 6.20 Å². The Labute approximate surface area is 94.4 Å². The quantitative estimate of drug-likeness (QED) is 0.668. The summed E-state index contributed by atoms with van der Waals surface area (Å²) in [6.45, 7) is 1.67. The highest BCUT2D eigenvalue weighted by Gasteiger charge is 2.16. The van der Waals surface area contributed by atoms with Crippen LogP contribution in [0.15, 0.2) is 10.4 Å². The van der Waals surface area contributed by atoms with Crippen molar-refractivity contribution in [1.29, 1.82) is 0 Å². The Kier molecular flexibility index (Phi) is 3.92. The van der Waals surface area contributed by atoms with Gasteiger partial charge in [-0.15, -0.1) is 11.8 Å².